The molecule has 0 saturated carbocycles. The third kappa shape index (κ3) is 4.80. The molecule has 2 aromatic rings. The summed E-state index contributed by atoms with van der Waals surface area (Å²) in [7, 11) is -2.38. The minimum Gasteiger partial charge on any atom is -1.00 e. The van der Waals surface area contributed by atoms with Crippen LogP contribution in [0.15, 0.2) is 66.7 Å². The van der Waals surface area contributed by atoms with Gasteiger partial charge in [-0.2, -0.15) is 0 Å². The van der Waals surface area contributed by atoms with Gasteiger partial charge in [0.2, 0.25) is 0 Å². The fourth-order valence-corrected chi connectivity index (χ4v) is 7.44. The standard InChI is InChI=1S/C19H23OSi.BrH.Mg/c1-5-16-20-21(19(2,3)4,17-12-8-6-9-13-17)18-14-10-7-11-15-18;;/h1,5-15H,16H2,2-4H3;1H;/q-1;;+2/p-1. The third-order valence-corrected chi connectivity index (χ3v) is 8.82. The molecule has 0 aliphatic carbocycles. The van der Waals surface area contributed by atoms with Gasteiger partial charge in [-0.25, -0.2) is 6.08 Å². The molecule has 118 valence electrons. The van der Waals surface area contributed by atoms with Crippen molar-refractivity contribution in [1.29, 1.82) is 0 Å². The van der Waals surface area contributed by atoms with Crippen LogP contribution in [-0.4, -0.2) is 38.0 Å². The fourth-order valence-electron chi connectivity index (χ4n) is 2.93. The van der Waals surface area contributed by atoms with Crippen LogP contribution in [0.5, 0.6) is 0 Å². The van der Waals surface area contributed by atoms with Crippen LogP contribution in [0.25, 0.3) is 0 Å². The largest absolute Gasteiger partial charge is 2.00 e. The van der Waals surface area contributed by atoms with E-state index in [4.69, 9.17) is 11.0 Å². The molecule has 2 rings (SSSR count). The maximum atomic E-state index is 6.47. The molecule has 0 heterocycles. The summed E-state index contributed by atoms with van der Waals surface area (Å²) >= 11 is 0. The molecule has 4 heteroatoms. The molecule has 0 N–H and O–H groups in total. The zero-order valence-corrected chi connectivity index (χ0v) is 18.1. The van der Waals surface area contributed by atoms with Crippen molar-refractivity contribution in [2.45, 2.75) is 25.8 Å². The Balaban J connectivity index is 0.00000242. The molecule has 1 nitrogen and oxygen atoms in total. The zero-order valence-electron chi connectivity index (χ0n) is 14.1. The Hall–Kier alpha value is -0.397. The quantitative estimate of drug-likeness (QED) is 0.515. The average Bonchev–Trinajstić information content (AvgIpc) is 2.49. The van der Waals surface area contributed by atoms with Gasteiger partial charge in [0, 0.05) is 6.61 Å². The van der Waals surface area contributed by atoms with Gasteiger partial charge >= 0.3 is 23.1 Å². The maximum Gasteiger partial charge on any atom is 2.00 e. The average molecular weight is 400 g/mol. The van der Waals surface area contributed by atoms with Crippen LogP contribution in [-0.2, 0) is 4.43 Å². The van der Waals surface area contributed by atoms with Gasteiger partial charge in [0.25, 0.3) is 8.32 Å². The molecule has 0 radical (unpaired) electrons. The first kappa shape index (κ1) is 22.6. The maximum absolute atomic E-state index is 6.47. The van der Waals surface area contributed by atoms with Crippen molar-refractivity contribution < 1.29 is 21.4 Å². The Bertz CT molecular complexity index is 542. The second kappa shape index (κ2) is 9.79. The van der Waals surface area contributed by atoms with Gasteiger partial charge in [-0.1, -0.05) is 81.4 Å². The topological polar surface area (TPSA) is 9.23 Å². The summed E-state index contributed by atoms with van der Waals surface area (Å²) in [4.78, 5) is 0. The van der Waals surface area contributed by atoms with Crippen LogP contribution in [0.2, 0.25) is 5.04 Å². The van der Waals surface area contributed by atoms with Crippen LogP contribution in [0.4, 0.5) is 0 Å². The van der Waals surface area contributed by atoms with Crippen LogP contribution in [0.3, 0.4) is 0 Å². The molecular weight excluding hydrogens is 377 g/mol. The van der Waals surface area contributed by atoms with Crippen LogP contribution < -0.4 is 27.4 Å². The van der Waals surface area contributed by atoms with E-state index in [9.17, 15) is 0 Å². The van der Waals surface area contributed by atoms with E-state index in [2.05, 4.69) is 69.3 Å². The number of hydrogen-bond donors (Lipinski definition) is 0. The summed E-state index contributed by atoms with van der Waals surface area (Å²) in [5.74, 6) is 0. The van der Waals surface area contributed by atoms with Crippen molar-refractivity contribution >= 4 is 41.7 Å². The van der Waals surface area contributed by atoms with Crippen LogP contribution >= 0.6 is 0 Å². The molecule has 0 bridgehead atoms. The van der Waals surface area contributed by atoms with E-state index in [-0.39, 0.29) is 45.1 Å². The summed E-state index contributed by atoms with van der Waals surface area (Å²) in [6.45, 7) is 12.9. The molecular formula is C19H23BrMgOSi. The van der Waals surface area contributed by atoms with E-state index in [1.807, 2.05) is 12.1 Å². The summed E-state index contributed by atoms with van der Waals surface area (Å²) < 4.78 is 6.47. The second-order valence-electron chi connectivity index (χ2n) is 6.21. The Labute approximate surface area is 168 Å². The molecule has 0 aliphatic heterocycles. The van der Waals surface area contributed by atoms with Crippen LogP contribution in [0, 0.1) is 6.58 Å². The molecule has 0 aliphatic rings. The number of hydrogen-bond acceptors (Lipinski definition) is 1. The van der Waals surface area contributed by atoms with Gasteiger partial charge in [-0.3, -0.25) is 0 Å². The van der Waals surface area contributed by atoms with E-state index >= 15 is 0 Å². The molecule has 0 fully saturated rings. The third-order valence-electron chi connectivity index (χ3n) is 3.81. The van der Waals surface area contributed by atoms with Gasteiger partial charge in [-0.05, 0) is 15.4 Å². The van der Waals surface area contributed by atoms with Crippen molar-refractivity contribution in [3.63, 3.8) is 0 Å². The first-order valence-electron chi connectivity index (χ1n) is 7.31. The minimum atomic E-state index is -2.38. The van der Waals surface area contributed by atoms with Crippen molar-refractivity contribution in [2.24, 2.45) is 0 Å². The van der Waals surface area contributed by atoms with Crippen molar-refractivity contribution in [3.8, 4) is 0 Å². The van der Waals surface area contributed by atoms with Crippen LogP contribution in [0.1, 0.15) is 20.8 Å². The Morgan fingerprint density at radius 3 is 1.61 bits per heavy atom. The van der Waals surface area contributed by atoms with Gasteiger partial charge < -0.3 is 28.0 Å². The van der Waals surface area contributed by atoms with E-state index < -0.39 is 8.32 Å². The normalized spacial score (nSPS) is 11.1. The van der Waals surface area contributed by atoms with Gasteiger partial charge in [0.15, 0.2) is 0 Å². The Morgan fingerprint density at radius 2 is 1.30 bits per heavy atom. The van der Waals surface area contributed by atoms with E-state index in [0.717, 1.165) is 0 Å². The predicted octanol–water partition coefficient (Wildman–Crippen LogP) is 0.175. The molecule has 23 heavy (non-hydrogen) atoms. The predicted molar refractivity (Wildman–Crippen MR) is 98.2 cm³/mol. The van der Waals surface area contributed by atoms with E-state index in [0.29, 0.717) is 6.61 Å². The Kier molecular flexibility index (Phi) is 9.62. The van der Waals surface area contributed by atoms with Crippen molar-refractivity contribution in [3.05, 3.63) is 73.3 Å². The second-order valence-corrected chi connectivity index (χ2v) is 10.5. The van der Waals surface area contributed by atoms with Crippen molar-refractivity contribution in [2.75, 3.05) is 6.61 Å². The number of halogens is 1. The van der Waals surface area contributed by atoms with E-state index in [1.54, 1.807) is 6.08 Å². The van der Waals surface area contributed by atoms with Crippen molar-refractivity contribution in [1.82, 2.24) is 0 Å². The molecule has 0 amide bonds. The summed E-state index contributed by atoms with van der Waals surface area (Å²) in [5, 5.41) is 2.58. The molecule has 0 aromatic heterocycles. The molecule has 0 atom stereocenters. The van der Waals surface area contributed by atoms with Gasteiger partial charge in [-0.15, -0.1) is 0 Å². The summed E-state index contributed by atoms with van der Waals surface area (Å²) in [5.41, 5.74) is 0. The first-order valence-corrected chi connectivity index (χ1v) is 9.21. The molecule has 2 aromatic carbocycles. The summed E-state index contributed by atoms with van der Waals surface area (Å²) in [6.07, 6.45) is 1.60. The molecule has 0 spiro atoms. The number of benzene rings is 2. The van der Waals surface area contributed by atoms with Gasteiger partial charge in [0.1, 0.15) is 0 Å². The molecule has 0 unspecified atom stereocenters. The zero-order chi connectivity index (χ0) is 15.3. The number of rotatable bonds is 5. The fraction of sp³-hybridized carbons (Fsp3) is 0.263. The van der Waals surface area contributed by atoms with E-state index in [1.165, 1.54) is 10.4 Å². The smallest absolute Gasteiger partial charge is 1.00 e. The summed E-state index contributed by atoms with van der Waals surface area (Å²) in [6, 6.07) is 21.2. The Morgan fingerprint density at radius 1 is 0.913 bits per heavy atom. The van der Waals surface area contributed by atoms with Gasteiger partial charge in [0.05, 0.1) is 0 Å². The minimum absolute atomic E-state index is 0. The monoisotopic (exact) mass is 398 g/mol. The SMILES string of the molecule is [Br-].[CH-]=CCO[Si](c1ccccc1)(c1ccccc1)C(C)(C)C.[Mg+2]. The first-order chi connectivity index (χ1) is 10.0. The molecule has 0 saturated heterocycles.